The quantitative estimate of drug-likeness (QED) is 0.648. The van der Waals surface area contributed by atoms with E-state index in [1.54, 1.807) is 0 Å². The Hall–Kier alpha value is -2.65. The molecule has 0 N–H and O–H groups in total. The van der Waals surface area contributed by atoms with Crippen LogP contribution in [0.2, 0.25) is 0 Å². The fourth-order valence-electron chi connectivity index (χ4n) is 3.73. The molecule has 0 spiro atoms. The predicted octanol–water partition coefficient (Wildman–Crippen LogP) is 4.91. The van der Waals surface area contributed by atoms with Crippen LogP contribution in [0.3, 0.4) is 0 Å². The zero-order valence-corrected chi connectivity index (χ0v) is 15.5. The molecule has 3 aromatic carbocycles. The number of piperidine rings is 1. The molecule has 1 heterocycles. The normalized spacial score (nSPS) is 15.2. The summed E-state index contributed by atoms with van der Waals surface area (Å²) < 4.78 is 5.88. The van der Waals surface area contributed by atoms with E-state index in [0.29, 0.717) is 12.5 Å². The van der Waals surface area contributed by atoms with Gasteiger partial charge in [0.1, 0.15) is 0 Å². The molecule has 1 aliphatic rings. The highest BCUT2D eigenvalue weighted by Gasteiger charge is 2.23. The van der Waals surface area contributed by atoms with Crippen LogP contribution in [0.1, 0.15) is 28.8 Å². The molecule has 0 bridgehead atoms. The fourth-order valence-corrected chi connectivity index (χ4v) is 3.73. The fraction of sp³-hybridized carbons (Fsp3) is 0.292. The molecule has 0 aromatic heterocycles. The molecule has 0 saturated carbocycles. The zero-order chi connectivity index (χ0) is 18.5. The van der Waals surface area contributed by atoms with Crippen LogP contribution in [0.5, 0.6) is 0 Å². The second kappa shape index (κ2) is 8.36. The molecule has 3 heteroatoms. The number of fused-ring (bicyclic) bond motifs is 1. The SMILES string of the molecule is O=C(c1ccc2ccccc2c1)N1CCC(COCc2ccccc2)CC1. The topological polar surface area (TPSA) is 29.5 Å². The number of nitrogens with zero attached hydrogens (tertiary/aromatic N) is 1. The number of likely N-dealkylation sites (tertiary alicyclic amines) is 1. The molecule has 3 nitrogen and oxygen atoms in total. The molecule has 0 radical (unpaired) electrons. The van der Waals surface area contributed by atoms with Gasteiger partial charge in [-0.25, -0.2) is 0 Å². The maximum Gasteiger partial charge on any atom is 0.253 e. The van der Waals surface area contributed by atoms with Crippen molar-refractivity contribution in [2.45, 2.75) is 19.4 Å². The maximum atomic E-state index is 12.8. The molecule has 27 heavy (non-hydrogen) atoms. The third-order valence-electron chi connectivity index (χ3n) is 5.36. The monoisotopic (exact) mass is 359 g/mol. The zero-order valence-electron chi connectivity index (χ0n) is 15.5. The number of carbonyl (C=O) groups is 1. The summed E-state index contributed by atoms with van der Waals surface area (Å²) in [4.78, 5) is 14.8. The average Bonchev–Trinajstić information content (AvgIpc) is 2.74. The van der Waals surface area contributed by atoms with Crippen LogP contribution in [0.15, 0.2) is 72.8 Å². The summed E-state index contributed by atoms with van der Waals surface area (Å²) >= 11 is 0. The molecule has 138 valence electrons. The van der Waals surface area contributed by atoms with Gasteiger partial charge in [0.25, 0.3) is 5.91 Å². The number of rotatable bonds is 5. The van der Waals surface area contributed by atoms with Crippen LogP contribution in [0.25, 0.3) is 10.8 Å². The molecule has 3 aromatic rings. The summed E-state index contributed by atoms with van der Waals surface area (Å²) in [5.41, 5.74) is 1.99. The van der Waals surface area contributed by atoms with Crippen molar-refractivity contribution in [1.29, 1.82) is 0 Å². The van der Waals surface area contributed by atoms with E-state index in [2.05, 4.69) is 24.3 Å². The van der Waals surface area contributed by atoms with Gasteiger partial charge in [-0.3, -0.25) is 4.79 Å². The Bertz CT molecular complexity index is 898. The van der Waals surface area contributed by atoms with Crippen molar-refractivity contribution in [1.82, 2.24) is 4.90 Å². The van der Waals surface area contributed by atoms with Crippen molar-refractivity contribution < 1.29 is 9.53 Å². The highest BCUT2D eigenvalue weighted by Crippen LogP contribution is 2.22. The van der Waals surface area contributed by atoms with Crippen molar-refractivity contribution >= 4 is 16.7 Å². The first kappa shape index (κ1) is 17.7. The van der Waals surface area contributed by atoms with Gasteiger partial charge < -0.3 is 9.64 Å². The highest BCUT2D eigenvalue weighted by molar-refractivity contribution is 5.98. The van der Waals surface area contributed by atoms with Crippen molar-refractivity contribution in [3.05, 3.63) is 83.9 Å². The van der Waals surface area contributed by atoms with E-state index in [1.165, 1.54) is 10.9 Å². The molecule has 0 atom stereocenters. The Morgan fingerprint density at radius 1 is 0.889 bits per heavy atom. The van der Waals surface area contributed by atoms with E-state index in [0.717, 1.165) is 43.5 Å². The first-order chi connectivity index (χ1) is 13.3. The van der Waals surface area contributed by atoms with Crippen molar-refractivity contribution in [3.63, 3.8) is 0 Å². The number of hydrogen-bond acceptors (Lipinski definition) is 2. The molecule has 1 fully saturated rings. The Kier molecular flexibility index (Phi) is 5.50. The minimum Gasteiger partial charge on any atom is -0.376 e. The van der Waals surface area contributed by atoms with Crippen LogP contribution >= 0.6 is 0 Å². The first-order valence-electron chi connectivity index (χ1n) is 9.69. The average molecular weight is 359 g/mol. The van der Waals surface area contributed by atoms with Crippen LogP contribution in [0, 0.1) is 5.92 Å². The van der Waals surface area contributed by atoms with Gasteiger partial charge in [0.15, 0.2) is 0 Å². The van der Waals surface area contributed by atoms with Crippen LogP contribution < -0.4 is 0 Å². The minimum atomic E-state index is 0.143. The van der Waals surface area contributed by atoms with Gasteiger partial charge in [-0.15, -0.1) is 0 Å². The largest absolute Gasteiger partial charge is 0.376 e. The third kappa shape index (κ3) is 4.37. The summed E-state index contributed by atoms with van der Waals surface area (Å²) in [5, 5.41) is 2.29. The molecule has 0 aliphatic carbocycles. The van der Waals surface area contributed by atoms with Gasteiger partial charge in [-0.2, -0.15) is 0 Å². The van der Waals surface area contributed by atoms with Gasteiger partial charge in [0, 0.05) is 25.3 Å². The third-order valence-corrected chi connectivity index (χ3v) is 5.36. The lowest BCUT2D eigenvalue weighted by atomic mass is 9.97. The predicted molar refractivity (Wildman–Crippen MR) is 109 cm³/mol. The molecular formula is C24H25NO2. The van der Waals surface area contributed by atoms with Crippen molar-refractivity contribution in [2.75, 3.05) is 19.7 Å². The number of benzene rings is 3. The minimum absolute atomic E-state index is 0.143. The lowest BCUT2D eigenvalue weighted by molar-refractivity contribution is 0.0478. The van der Waals surface area contributed by atoms with Gasteiger partial charge in [-0.1, -0.05) is 60.7 Å². The van der Waals surface area contributed by atoms with E-state index >= 15 is 0 Å². The Morgan fingerprint density at radius 3 is 2.37 bits per heavy atom. The summed E-state index contributed by atoms with van der Waals surface area (Å²) in [6, 6.07) is 24.4. The first-order valence-corrected chi connectivity index (χ1v) is 9.69. The summed E-state index contributed by atoms with van der Waals surface area (Å²) in [6.07, 6.45) is 2.02. The van der Waals surface area contributed by atoms with Gasteiger partial charge >= 0.3 is 0 Å². The molecule has 0 unspecified atom stereocenters. The van der Waals surface area contributed by atoms with Crippen LogP contribution in [0.4, 0.5) is 0 Å². The second-order valence-electron chi connectivity index (χ2n) is 7.30. The number of amides is 1. The van der Waals surface area contributed by atoms with Crippen molar-refractivity contribution in [2.24, 2.45) is 5.92 Å². The smallest absolute Gasteiger partial charge is 0.253 e. The number of ether oxygens (including phenoxy) is 1. The Balaban J connectivity index is 1.28. The highest BCUT2D eigenvalue weighted by atomic mass is 16.5. The summed E-state index contributed by atoms with van der Waals surface area (Å²) in [7, 11) is 0. The molecule has 1 aliphatic heterocycles. The van der Waals surface area contributed by atoms with Gasteiger partial charge in [0.05, 0.1) is 6.61 Å². The van der Waals surface area contributed by atoms with Gasteiger partial charge in [0.2, 0.25) is 0 Å². The second-order valence-corrected chi connectivity index (χ2v) is 7.30. The molecular weight excluding hydrogens is 334 g/mol. The van der Waals surface area contributed by atoms with E-state index in [-0.39, 0.29) is 5.91 Å². The van der Waals surface area contributed by atoms with Crippen LogP contribution in [-0.4, -0.2) is 30.5 Å². The Morgan fingerprint density at radius 2 is 1.59 bits per heavy atom. The van der Waals surface area contributed by atoms with E-state index in [1.807, 2.05) is 53.4 Å². The van der Waals surface area contributed by atoms with Crippen molar-refractivity contribution in [3.8, 4) is 0 Å². The maximum absolute atomic E-state index is 12.8. The standard InChI is InChI=1S/C24H25NO2/c26-24(23-11-10-21-8-4-5-9-22(21)16-23)25-14-12-20(13-15-25)18-27-17-19-6-2-1-3-7-19/h1-11,16,20H,12-15,17-18H2. The lowest BCUT2D eigenvalue weighted by Crippen LogP contribution is -2.39. The van der Waals surface area contributed by atoms with E-state index < -0.39 is 0 Å². The summed E-state index contributed by atoms with van der Waals surface area (Å²) in [6.45, 7) is 3.06. The van der Waals surface area contributed by atoms with Gasteiger partial charge in [-0.05, 0) is 47.2 Å². The molecule has 4 rings (SSSR count). The number of carbonyl (C=O) groups excluding carboxylic acids is 1. The molecule has 1 amide bonds. The number of hydrogen-bond donors (Lipinski definition) is 0. The van der Waals surface area contributed by atoms with E-state index in [4.69, 9.17) is 4.74 Å². The van der Waals surface area contributed by atoms with E-state index in [9.17, 15) is 4.79 Å². The summed E-state index contributed by atoms with van der Waals surface area (Å²) in [5.74, 6) is 0.679. The molecule has 1 saturated heterocycles. The lowest BCUT2D eigenvalue weighted by Gasteiger charge is -2.32. The Labute approximate surface area is 160 Å². The van der Waals surface area contributed by atoms with Crippen LogP contribution in [-0.2, 0) is 11.3 Å².